The monoisotopic (exact) mass is 541 g/mol. The van der Waals surface area contributed by atoms with Crippen molar-refractivity contribution in [3.63, 3.8) is 0 Å². The first-order valence-corrected chi connectivity index (χ1v) is 12.5. The first-order chi connectivity index (χ1) is 18.0. The SMILES string of the molecule is Cc1noc(N2C[C@H]3CC[C@@H](C2)[C@@H]3Nc2nc3n(n2)C(C(F)(F)F)CCC3c2ccccc2C(F)(F)F)n1. The molecule has 2 bridgehead atoms. The number of anilines is 2. The van der Waals surface area contributed by atoms with Crippen LogP contribution < -0.4 is 10.2 Å². The van der Waals surface area contributed by atoms with E-state index in [1.54, 1.807) is 6.92 Å². The number of fused-ring (bicyclic) bond motifs is 3. The summed E-state index contributed by atoms with van der Waals surface area (Å²) in [5.41, 5.74) is -0.967. The highest BCUT2D eigenvalue weighted by molar-refractivity contribution is 5.40. The van der Waals surface area contributed by atoms with Crippen LogP contribution in [0, 0.1) is 18.8 Å². The molecule has 0 spiro atoms. The largest absolute Gasteiger partial charge is 0.416 e. The van der Waals surface area contributed by atoms with Crippen molar-refractivity contribution in [3.05, 3.63) is 47.0 Å². The molecule has 3 aliphatic rings. The summed E-state index contributed by atoms with van der Waals surface area (Å²) in [4.78, 5) is 10.7. The Hall–Kier alpha value is -3.32. The van der Waals surface area contributed by atoms with E-state index in [0.717, 1.165) is 23.6 Å². The Balaban J connectivity index is 1.30. The molecule has 8 nitrogen and oxygen atoms in total. The molecule has 204 valence electrons. The summed E-state index contributed by atoms with van der Waals surface area (Å²) in [6.45, 7) is 2.98. The Kier molecular flexibility index (Phi) is 5.83. The predicted molar refractivity (Wildman–Crippen MR) is 123 cm³/mol. The van der Waals surface area contributed by atoms with Gasteiger partial charge in [-0.2, -0.15) is 36.3 Å². The molecule has 4 heterocycles. The lowest BCUT2D eigenvalue weighted by Gasteiger charge is -2.37. The summed E-state index contributed by atoms with van der Waals surface area (Å²) < 4.78 is 89.1. The lowest BCUT2D eigenvalue weighted by molar-refractivity contribution is -0.175. The molecule has 0 radical (unpaired) electrons. The maximum atomic E-state index is 13.9. The molecule has 1 N–H and O–H groups in total. The Bertz CT molecular complexity index is 1300. The zero-order valence-corrected chi connectivity index (χ0v) is 20.3. The van der Waals surface area contributed by atoms with Gasteiger partial charge in [0.2, 0.25) is 5.95 Å². The van der Waals surface area contributed by atoms with Gasteiger partial charge in [0.15, 0.2) is 5.82 Å². The number of nitrogens with zero attached hydrogens (tertiary/aromatic N) is 6. The van der Waals surface area contributed by atoms with E-state index in [2.05, 4.69) is 25.5 Å². The second kappa shape index (κ2) is 8.87. The lowest BCUT2D eigenvalue weighted by Crippen LogP contribution is -2.48. The molecule has 2 aliphatic heterocycles. The molecular formula is C24H25F6N7O. The van der Waals surface area contributed by atoms with Crippen LogP contribution in [-0.2, 0) is 6.18 Å². The molecule has 1 saturated carbocycles. The molecule has 1 aromatic carbocycles. The van der Waals surface area contributed by atoms with Crippen LogP contribution in [0.15, 0.2) is 28.8 Å². The Morgan fingerprint density at radius 2 is 1.66 bits per heavy atom. The number of hydrogen-bond acceptors (Lipinski definition) is 7. The van der Waals surface area contributed by atoms with Crippen LogP contribution in [-0.4, -0.2) is 50.2 Å². The average molecular weight is 542 g/mol. The zero-order chi connectivity index (χ0) is 26.8. The van der Waals surface area contributed by atoms with Crippen molar-refractivity contribution in [2.24, 2.45) is 11.8 Å². The fourth-order valence-electron chi connectivity index (χ4n) is 6.27. The number of piperidine rings is 1. The van der Waals surface area contributed by atoms with Gasteiger partial charge in [-0.15, -0.1) is 5.10 Å². The van der Waals surface area contributed by atoms with Crippen LogP contribution in [0.5, 0.6) is 0 Å². The van der Waals surface area contributed by atoms with Gasteiger partial charge in [-0.1, -0.05) is 23.4 Å². The number of halogens is 6. The van der Waals surface area contributed by atoms with Crippen LogP contribution in [0.3, 0.4) is 0 Å². The second-order valence-corrected chi connectivity index (χ2v) is 10.3. The molecule has 2 fully saturated rings. The van der Waals surface area contributed by atoms with Crippen molar-refractivity contribution in [2.75, 3.05) is 23.3 Å². The van der Waals surface area contributed by atoms with E-state index in [0.29, 0.717) is 24.9 Å². The third kappa shape index (κ3) is 4.37. The highest BCUT2D eigenvalue weighted by atomic mass is 19.4. The van der Waals surface area contributed by atoms with Crippen LogP contribution in [0.25, 0.3) is 0 Å². The smallest absolute Gasteiger partial charge is 0.350 e. The summed E-state index contributed by atoms with van der Waals surface area (Å²) >= 11 is 0. The fraction of sp³-hybridized carbons (Fsp3) is 0.583. The van der Waals surface area contributed by atoms with Crippen LogP contribution in [0.2, 0.25) is 0 Å². The van der Waals surface area contributed by atoms with Gasteiger partial charge in [0, 0.05) is 25.0 Å². The third-order valence-electron chi connectivity index (χ3n) is 7.93. The number of alkyl halides is 6. The molecule has 2 aromatic heterocycles. The van der Waals surface area contributed by atoms with E-state index in [4.69, 9.17) is 4.52 Å². The van der Waals surface area contributed by atoms with Crippen molar-refractivity contribution in [1.29, 1.82) is 0 Å². The number of rotatable bonds is 4. The predicted octanol–water partition coefficient (Wildman–Crippen LogP) is 5.34. The van der Waals surface area contributed by atoms with Crippen molar-refractivity contribution in [2.45, 2.75) is 63.0 Å². The number of nitrogens with one attached hydrogen (secondary N) is 1. The zero-order valence-electron chi connectivity index (χ0n) is 20.3. The summed E-state index contributed by atoms with van der Waals surface area (Å²) in [5.74, 6) is -0.253. The normalized spacial score (nSPS) is 27.4. The molecule has 5 atom stereocenters. The maximum absolute atomic E-state index is 13.9. The highest BCUT2D eigenvalue weighted by Crippen LogP contribution is 2.47. The Labute approximate surface area is 213 Å². The van der Waals surface area contributed by atoms with E-state index in [-0.39, 0.29) is 48.1 Å². The van der Waals surface area contributed by atoms with Crippen molar-refractivity contribution in [1.82, 2.24) is 24.9 Å². The van der Waals surface area contributed by atoms with Crippen molar-refractivity contribution < 1.29 is 30.9 Å². The lowest BCUT2D eigenvalue weighted by atomic mass is 9.85. The van der Waals surface area contributed by atoms with E-state index in [9.17, 15) is 26.3 Å². The third-order valence-corrected chi connectivity index (χ3v) is 7.93. The molecule has 38 heavy (non-hydrogen) atoms. The van der Waals surface area contributed by atoms with E-state index >= 15 is 0 Å². The van der Waals surface area contributed by atoms with Crippen LogP contribution >= 0.6 is 0 Å². The van der Waals surface area contributed by atoms with E-state index < -0.39 is 29.9 Å². The van der Waals surface area contributed by atoms with Gasteiger partial charge in [0.1, 0.15) is 11.9 Å². The summed E-state index contributed by atoms with van der Waals surface area (Å²) in [6.07, 6.45) is -7.97. The molecule has 14 heteroatoms. The van der Waals surface area contributed by atoms with Crippen LogP contribution in [0.4, 0.5) is 38.3 Å². The maximum Gasteiger partial charge on any atom is 0.416 e. The van der Waals surface area contributed by atoms with Gasteiger partial charge in [-0.25, -0.2) is 4.68 Å². The minimum atomic E-state index is -4.65. The Morgan fingerprint density at radius 3 is 2.29 bits per heavy atom. The number of aromatic nitrogens is 5. The fourth-order valence-corrected chi connectivity index (χ4v) is 6.27. The summed E-state index contributed by atoms with van der Waals surface area (Å²) in [5, 5.41) is 11.3. The van der Waals surface area contributed by atoms with Gasteiger partial charge in [0.05, 0.1) is 5.56 Å². The van der Waals surface area contributed by atoms with Crippen molar-refractivity contribution in [3.8, 4) is 0 Å². The number of benzene rings is 1. The second-order valence-electron chi connectivity index (χ2n) is 10.3. The molecular weight excluding hydrogens is 516 g/mol. The first-order valence-electron chi connectivity index (χ1n) is 12.5. The van der Waals surface area contributed by atoms with Gasteiger partial charge < -0.3 is 14.7 Å². The quantitative estimate of drug-likeness (QED) is 0.446. The van der Waals surface area contributed by atoms with Gasteiger partial charge in [-0.05, 0) is 56.1 Å². The molecule has 6 rings (SSSR count). The van der Waals surface area contributed by atoms with E-state index in [1.807, 2.05) is 4.90 Å². The Morgan fingerprint density at radius 1 is 0.947 bits per heavy atom. The summed E-state index contributed by atoms with van der Waals surface area (Å²) in [6, 6.07) is 3.37. The van der Waals surface area contributed by atoms with Crippen molar-refractivity contribution >= 4 is 12.0 Å². The number of aryl methyl sites for hydroxylation is 1. The minimum absolute atomic E-state index is 0.00891. The molecule has 1 saturated heterocycles. The minimum Gasteiger partial charge on any atom is -0.350 e. The molecule has 3 aromatic rings. The first kappa shape index (κ1) is 25.0. The standard InChI is InChI=1S/C24H25F6N7O/c1-12-31-22(38-35-12)36-10-13-6-7-14(11-36)19(13)32-21-33-20-16(8-9-18(24(28,29)30)37(20)34-21)15-4-2-3-5-17(15)23(25,26)27/h2-5,13-14,16,18-19H,6-11H2,1H3,(H,32,34)/t13-,14+,16?,18?,19-. The summed E-state index contributed by atoms with van der Waals surface area (Å²) in [7, 11) is 0. The molecule has 1 aliphatic carbocycles. The molecule has 2 unspecified atom stereocenters. The van der Waals surface area contributed by atoms with Crippen LogP contribution in [0.1, 0.15) is 60.4 Å². The number of hydrogen-bond donors (Lipinski definition) is 1. The van der Waals surface area contributed by atoms with E-state index in [1.165, 1.54) is 18.2 Å². The molecule has 0 amide bonds. The average Bonchev–Trinajstić information content (AvgIpc) is 3.53. The van der Waals surface area contributed by atoms with Gasteiger partial charge >= 0.3 is 18.4 Å². The highest BCUT2D eigenvalue weighted by Gasteiger charge is 2.49. The van der Waals surface area contributed by atoms with Gasteiger partial charge in [-0.3, -0.25) is 0 Å². The topological polar surface area (TPSA) is 84.9 Å². The van der Waals surface area contributed by atoms with Gasteiger partial charge in [0.25, 0.3) is 0 Å².